The maximum Gasteiger partial charge on any atom is 0.253 e. The van der Waals surface area contributed by atoms with Gasteiger partial charge in [-0.3, -0.25) is 9.59 Å². The minimum absolute atomic E-state index is 0.0577. The van der Waals surface area contributed by atoms with Crippen LogP contribution in [0.15, 0.2) is 60.7 Å². The van der Waals surface area contributed by atoms with Crippen LogP contribution in [0.5, 0.6) is 0 Å². The van der Waals surface area contributed by atoms with Crippen LogP contribution in [0.1, 0.15) is 60.9 Å². The van der Waals surface area contributed by atoms with E-state index in [0.717, 1.165) is 16.9 Å². The van der Waals surface area contributed by atoms with E-state index < -0.39 is 0 Å². The van der Waals surface area contributed by atoms with Gasteiger partial charge < -0.3 is 20.4 Å². The van der Waals surface area contributed by atoms with Gasteiger partial charge in [0.15, 0.2) is 5.82 Å². The SMILES string of the molecule is CC(=O)NCCNc1cc(N2CCN(C(=O)c3ccc(C4CCCCC4)cc3)CC2)nc(-c2ccccc2)n1. The van der Waals surface area contributed by atoms with Gasteiger partial charge in [0.1, 0.15) is 11.6 Å². The molecular formula is C31H38N6O2. The Hall–Kier alpha value is -3.94. The normalized spacial score (nSPS) is 16.1. The van der Waals surface area contributed by atoms with E-state index in [0.29, 0.717) is 56.8 Å². The molecular weight excluding hydrogens is 488 g/mol. The number of hydrogen-bond donors (Lipinski definition) is 2. The van der Waals surface area contributed by atoms with Crippen LogP contribution in [0.2, 0.25) is 0 Å². The molecule has 5 rings (SSSR count). The minimum Gasteiger partial charge on any atom is -0.368 e. The van der Waals surface area contributed by atoms with Crippen molar-refractivity contribution in [3.8, 4) is 11.4 Å². The van der Waals surface area contributed by atoms with Gasteiger partial charge in [0.25, 0.3) is 5.91 Å². The second kappa shape index (κ2) is 12.7. The zero-order chi connectivity index (χ0) is 27.0. The van der Waals surface area contributed by atoms with Gasteiger partial charge in [0.05, 0.1) is 0 Å². The monoisotopic (exact) mass is 526 g/mol. The smallest absolute Gasteiger partial charge is 0.253 e. The molecule has 8 heteroatoms. The highest BCUT2D eigenvalue weighted by molar-refractivity contribution is 5.94. The molecule has 2 aromatic carbocycles. The van der Waals surface area contributed by atoms with E-state index in [4.69, 9.17) is 9.97 Å². The summed E-state index contributed by atoms with van der Waals surface area (Å²) in [6.07, 6.45) is 6.48. The number of nitrogens with zero attached hydrogens (tertiary/aromatic N) is 4. The molecule has 2 fully saturated rings. The highest BCUT2D eigenvalue weighted by Gasteiger charge is 2.24. The van der Waals surface area contributed by atoms with Crippen molar-refractivity contribution in [3.05, 3.63) is 71.8 Å². The van der Waals surface area contributed by atoms with E-state index in [1.807, 2.05) is 53.4 Å². The molecule has 1 aliphatic carbocycles. The Balaban J connectivity index is 1.24. The Morgan fingerprint density at radius 2 is 1.59 bits per heavy atom. The Kier molecular flexibility index (Phi) is 8.71. The van der Waals surface area contributed by atoms with Crippen LogP contribution < -0.4 is 15.5 Å². The molecule has 3 aromatic rings. The van der Waals surface area contributed by atoms with Crippen LogP contribution in [0.4, 0.5) is 11.6 Å². The summed E-state index contributed by atoms with van der Waals surface area (Å²) in [5.41, 5.74) is 3.08. The molecule has 1 saturated carbocycles. The predicted molar refractivity (Wildman–Crippen MR) is 155 cm³/mol. The third-order valence-corrected chi connectivity index (χ3v) is 7.67. The molecule has 8 nitrogen and oxygen atoms in total. The summed E-state index contributed by atoms with van der Waals surface area (Å²) in [6.45, 7) is 5.25. The summed E-state index contributed by atoms with van der Waals surface area (Å²) in [5, 5.41) is 6.11. The number of benzene rings is 2. The Bertz CT molecular complexity index is 1250. The number of carbonyl (C=O) groups excluding carboxylic acids is 2. The highest BCUT2D eigenvalue weighted by Crippen LogP contribution is 2.32. The third-order valence-electron chi connectivity index (χ3n) is 7.67. The van der Waals surface area contributed by atoms with E-state index in [1.165, 1.54) is 44.6 Å². The van der Waals surface area contributed by atoms with Crippen LogP contribution >= 0.6 is 0 Å². The van der Waals surface area contributed by atoms with Crippen molar-refractivity contribution in [2.24, 2.45) is 0 Å². The van der Waals surface area contributed by atoms with E-state index in [-0.39, 0.29) is 11.8 Å². The van der Waals surface area contributed by atoms with Gasteiger partial charge in [-0.2, -0.15) is 0 Å². The first kappa shape index (κ1) is 26.7. The number of aromatic nitrogens is 2. The molecule has 2 amide bonds. The van der Waals surface area contributed by atoms with Gasteiger partial charge in [-0.15, -0.1) is 0 Å². The lowest BCUT2D eigenvalue weighted by Gasteiger charge is -2.35. The summed E-state index contributed by atoms with van der Waals surface area (Å²) >= 11 is 0. The average Bonchev–Trinajstić information content (AvgIpc) is 3.00. The molecule has 0 bridgehead atoms. The minimum atomic E-state index is -0.0577. The van der Waals surface area contributed by atoms with E-state index in [9.17, 15) is 9.59 Å². The molecule has 0 unspecified atom stereocenters. The molecule has 0 spiro atoms. The predicted octanol–water partition coefficient (Wildman–Crippen LogP) is 4.70. The van der Waals surface area contributed by atoms with Crippen molar-refractivity contribution in [1.29, 1.82) is 0 Å². The van der Waals surface area contributed by atoms with E-state index in [2.05, 4.69) is 27.7 Å². The first-order chi connectivity index (χ1) is 19.1. The molecule has 2 heterocycles. The van der Waals surface area contributed by atoms with Crippen LogP contribution in [-0.2, 0) is 4.79 Å². The van der Waals surface area contributed by atoms with Gasteiger partial charge in [0, 0.05) is 63.4 Å². The number of piperazine rings is 1. The van der Waals surface area contributed by atoms with Gasteiger partial charge in [-0.05, 0) is 36.5 Å². The Morgan fingerprint density at radius 1 is 0.872 bits per heavy atom. The molecule has 1 aliphatic heterocycles. The number of amides is 2. The second-order valence-corrected chi connectivity index (χ2v) is 10.4. The zero-order valence-corrected chi connectivity index (χ0v) is 22.7. The van der Waals surface area contributed by atoms with E-state index >= 15 is 0 Å². The third kappa shape index (κ3) is 6.93. The zero-order valence-electron chi connectivity index (χ0n) is 22.7. The number of anilines is 2. The second-order valence-electron chi connectivity index (χ2n) is 10.4. The quantitative estimate of drug-likeness (QED) is 0.414. The summed E-state index contributed by atoms with van der Waals surface area (Å²) in [5.74, 6) is 2.86. The molecule has 1 saturated heterocycles. The fraction of sp³-hybridized carbons (Fsp3) is 0.419. The first-order valence-electron chi connectivity index (χ1n) is 14.1. The van der Waals surface area contributed by atoms with Gasteiger partial charge >= 0.3 is 0 Å². The standard InChI is InChI=1S/C31H38N6O2/c1-23(38)32-16-17-33-28-22-29(35-30(34-28)26-10-6-3-7-11-26)36-18-20-37(21-19-36)31(39)27-14-12-25(13-15-27)24-8-4-2-5-9-24/h3,6-7,10-15,22,24H,2,4-5,8-9,16-21H2,1H3,(H,32,38)(H,33,34,35). The van der Waals surface area contributed by atoms with E-state index in [1.54, 1.807) is 0 Å². The lowest BCUT2D eigenvalue weighted by atomic mass is 9.84. The fourth-order valence-corrected chi connectivity index (χ4v) is 5.49. The van der Waals surface area contributed by atoms with Crippen molar-refractivity contribution in [3.63, 3.8) is 0 Å². The maximum absolute atomic E-state index is 13.3. The molecule has 0 atom stereocenters. The highest BCUT2D eigenvalue weighted by atomic mass is 16.2. The first-order valence-corrected chi connectivity index (χ1v) is 14.1. The summed E-state index contributed by atoms with van der Waals surface area (Å²) in [4.78, 5) is 38.2. The van der Waals surface area contributed by atoms with Crippen molar-refractivity contribution in [1.82, 2.24) is 20.2 Å². The molecule has 1 aromatic heterocycles. The maximum atomic E-state index is 13.3. The summed E-state index contributed by atoms with van der Waals surface area (Å²) in [7, 11) is 0. The van der Waals surface area contributed by atoms with Gasteiger partial charge in [0.2, 0.25) is 5.91 Å². The topological polar surface area (TPSA) is 90.5 Å². The summed E-state index contributed by atoms with van der Waals surface area (Å²) < 4.78 is 0. The van der Waals surface area contributed by atoms with Gasteiger partial charge in [-0.1, -0.05) is 61.7 Å². The lowest BCUT2D eigenvalue weighted by Crippen LogP contribution is -2.49. The van der Waals surface area contributed by atoms with Crippen molar-refractivity contribution >= 4 is 23.5 Å². The molecule has 204 valence electrons. The average molecular weight is 527 g/mol. The molecule has 39 heavy (non-hydrogen) atoms. The Morgan fingerprint density at radius 3 is 2.28 bits per heavy atom. The van der Waals surface area contributed by atoms with Crippen LogP contribution in [0.3, 0.4) is 0 Å². The van der Waals surface area contributed by atoms with Crippen LogP contribution in [0, 0.1) is 0 Å². The molecule has 2 aliphatic rings. The largest absolute Gasteiger partial charge is 0.368 e. The number of rotatable bonds is 8. The van der Waals surface area contributed by atoms with Crippen molar-refractivity contribution in [2.45, 2.75) is 44.9 Å². The number of hydrogen-bond acceptors (Lipinski definition) is 6. The van der Waals surface area contributed by atoms with Crippen LogP contribution in [-0.4, -0.2) is 66.0 Å². The Labute approximate surface area is 230 Å². The molecule has 0 radical (unpaired) electrons. The lowest BCUT2D eigenvalue weighted by molar-refractivity contribution is -0.118. The molecule has 2 N–H and O–H groups in total. The van der Waals surface area contributed by atoms with Gasteiger partial charge in [-0.25, -0.2) is 9.97 Å². The summed E-state index contributed by atoms with van der Waals surface area (Å²) in [6, 6.07) is 20.2. The van der Waals surface area contributed by atoms with Crippen molar-refractivity contribution in [2.75, 3.05) is 49.5 Å². The van der Waals surface area contributed by atoms with Crippen molar-refractivity contribution < 1.29 is 9.59 Å². The van der Waals surface area contributed by atoms with Crippen LogP contribution in [0.25, 0.3) is 11.4 Å². The number of nitrogens with one attached hydrogen (secondary N) is 2. The number of carbonyl (C=O) groups is 2. The fourth-order valence-electron chi connectivity index (χ4n) is 5.49.